The first-order valence-corrected chi connectivity index (χ1v) is 8.79. The molecule has 4 N–H and O–H groups in total. The highest BCUT2D eigenvalue weighted by Crippen LogP contribution is 2.10. The number of nitrogens with two attached hydrogens (primary N) is 1. The Kier molecular flexibility index (Phi) is 11.4. The van der Waals surface area contributed by atoms with E-state index < -0.39 is 6.04 Å². The first-order valence-electron chi connectivity index (χ1n) is 6.60. The molecule has 0 saturated heterocycles. The van der Waals surface area contributed by atoms with Crippen molar-refractivity contribution < 1.29 is 9.59 Å². The Morgan fingerprint density at radius 1 is 1.23 bits per heavy atom. The topological polar surface area (TPSA) is 84.2 Å². The van der Waals surface area contributed by atoms with Gasteiger partial charge >= 0.3 is 0 Å². The van der Waals surface area contributed by atoms with E-state index in [-0.39, 0.29) is 24.2 Å². The van der Waals surface area contributed by atoms with Gasteiger partial charge in [-0.3, -0.25) is 9.59 Å². The van der Waals surface area contributed by atoms with Crippen molar-refractivity contribution in [1.29, 1.82) is 0 Å². The number of thioether (sulfide) groups is 1. The van der Waals surface area contributed by atoms with Gasteiger partial charge in [-0.25, -0.2) is 0 Å². The van der Waals surface area contributed by atoms with Crippen molar-refractivity contribution >= 4 is 51.9 Å². The van der Waals surface area contributed by atoms with Crippen LogP contribution in [0.5, 0.6) is 0 Å². The molecule has 0 aromatic heterocycles. The molecule has 0 aliphatic rings. The molecule has 124 valence electrons. The van der Waals surface area contributed by atoms with E-state index in [9.17, 15) is 9.59 Å². The van der Waals surface area contributed by atoms with Crippen molar-refractivity contribution in [2.24, 2.45) is 5.73 Å². The molecule has 1 aromatic carbocycles. The molecule has 0 saturated carbocycles. The Bertz CT molecular complexity index is 474. The highest BCUT2D eigenvalue weighted by atomic mass is 79.9. The van der Waals surface area contributed by atoms with Crippen LogP contribution in [0.4, 0.5) is 0 Å². The molecule has 0 aliphatic carbocycles. The van der Waals surface area contributed by atoms with Crippen molar-refractivity contribution in [2.45, 2.75) is 12.5 Å². The standard InChI is InChI=1S/C14H20BrN3O2S.ClH/c1-21-9-6-12(16)14(20)18-8-7-17-13(19)10-2-4-11(15)5-3-10;/h2-5,12H,6-9,16H2,1H3,(H,17,19)(H,18,20);1H/t12-;/m0./s1. The van der Waals surface area contributed by atoms with E-state index in [2.05, 4.69) is 26.6 Å². The third-order valence-corrected chi connectivity index (χ3v) is 3.96. The van der Waals surface area contributed by atoms with Gasteiger partial charge in [0.15, 0.2) is 0 Å². The van der Waals surface area contributed by atoms with Gasteiger partial charge in [-0.05, 0) is 42.7 Å². The van der Waals surface area contributed by atoms with Crippen LogP contribution in [0.3, 0.4) is 0 Å². The van der Waals surface area contributed by atoms with Crippen molar-refractivity contribution in [1.82, 2.24) is 10.6 Å². The summed E-state index contributed by atoms with van der Waals surface area (Å²) in [5.74, 6) is 0.514. The molecule has 1 aromatic rings. The molecule has 1 atom stereocenters. The van der Waals surface area contributed by atoms with E-state index in [0.717, 1.165) is 10.2 Å². The second kappa shape index (κ2) is 11.8. The second-order valence-corrected chi connectivity index (χ2v) is 6.34. The van der Waals surface area contributed by atoms with Gasteiger partial charge in [-0.1, -0.05) is 15.9 Å². The lowest BCUT2D eigenvalue weighted by Gasteiger charge is -2.12. The average molecular weight is 411 g/mol. The van der Waals surface area contributed by atoms with E-state index in [4.69, 9.17) is 5.73 Å². The van der Waals surface area contributed by atoms with E-state index in [1.807, 2.05) is 6.26 Å². The summed E-state index contributed by atoms with van der Waals surface area (Å²) in [6.07, 6.45) is 2.63. The minimum atomic E-state index is -0.486. The van der Waals surface area contributed by atoms with Crippen LogP contribution in [0.1, 0.15) is 16.8 Å². The van der Waals surface area contributed by atoms with Crippen LogP contribution < -0.4 is 16.4 Å². The summed E-state index contributed by atoms with van der Waals surface area (Å²) in [4.78, 5) is 23.4. The molecule has 22 heavy (non-hydrogen) atoms. The summed E-state index contributed by atoms with van der Waals surface area (Å²) < 4.78 is 0.922. The fraction of sp³-hybridized carbons (Fsp3) is 0.429. The van der Waals surface area contributed by atoms with Gasteiger partial charge in [-0.15, -0.1) is 12.4 Å². The molecule has 1 rings (SSSR count). The maximum absolute atomic E-state index is 11.8. The monoisotopic (exact) mass is 409 g/mol. The fourth-order valence-electron chi connectivity index (χ4n) is 1.57. The van der Waals surface area contributed by atoms with Crippen LogP contribution in [0.2, 0.25) is 0 Å². The van der Waals surface area contributed by atoms with Crippen LogP contribution >= 0.6 is 40.1 Å². The summed E-state index contributed by atoms with van der Waals surface area (Å²) >= 11 is 4.97. The smallest absolute Gasteiger partial charge is 0.251 e. The fourth-order valence-corrected chi connectivity index (χ4v) is 2.33. The zero-order valence-electron chi connectivity index (χ0n) is 12.3. The minimum absolute atomic E-state index is 0. The van der Waals surface area contributed by atoms with Crippen molar-refractivity contribution in [3.05, 3.63) is 34.3 Å². The molecule has 0 radical (unpaired) electrons. The normalized spacial score (nSPS) is 11.2. The number of hydrogen-bond donors (Lipinski definition) is 3. The van der Waals surface area contributed by atoms with Gasteiger partial charge in [0.25, 0.3) is 5.91 Å². The summed E-state index contributed by atoms with van der Waals surface area (Å²) in [5, 5.41) is 5.45. The number of amides is 2. The first kappa shape index (κ1) is 21.2. The molecule has 8 heteroatoms. The number of carbonyl (C=O) groups is 2. The molecule has 0 unspecified atom stereocenters. The van der Waals surface area contributed by atoms with E-state index in [1.54, 1.807) is 36.0 Å². The Hall–Kier alpha value is -0.760. The maximum atomic E-state index is 11.8. The maximum Gasteiger partial charge on any atom is 0.251 e. The number of carbonyl (C=O) groups excluding carboxylic acids is 2. The lowest BCUT2D eigenvalue weighted by atomic mass is 10.2. The Balaban J connectivity index is 0.00000441. The van der Waals surface area contributed by atoms with E-state index in [1.165, 1.54) is 0 Å². The number of halogens is 2. The zero-order chi connectivity index (χ0) is 15.7. The second-order valence-electron chi connectivity index (χ2n) is 4.44. The zero-order valence-corrected chi connectivity index (χ0v) is 15.5. The number of rotatable bonds is 8. The predicted molar refractivity (Wildman–Crippen MR) is 97.7 cm³/mol. The van der Waals surface area contributed by atoms with Gasteiger partial charge in [0.2, 0.25) is 5.91 Å². The summed E-state index contributed by atoms with van der Waals surface area (Å²) in [5.41, 5.74) is 6.32. The first-order chi connectivity index (χ1) is 10.0. The molecule has 0 spiro atoms. The van der Waals surface area contributed by atoms with Crippen molar-refractivity contribution in [3.63, 3.8) is 0 Å². The Morgan fingerprint density at radius 2 is 1.82 bits per heavy atom. The molecule has 5 nitrogen and oxygen atoms in total. The number of hydrogen-bond acceptors (Lipinski definition) is 4. The highest BCUT2D eigenvalue weighted by molar-refractivity contribution is 9.10. The highest BCUT2D eigenvalue weighted by Gasteiger charge is 2.12. The molecule has 0 heterocycles. The quantitative estimate of drug-likeness (QED) is 0.571. The molecule has 0 aliphatic heterocycles. The van der Waals surface area contributed by atoms with Crippen molar-refractivity contribution in [2.75, 3.05) is 25.1 Å². The molecular formula is C14H21BrClN3O2S. The van der Waals surface area contributed by atoms with Crippen LogP contribution in [-0.4, -0.2) is 43.0 Å². The lowest BCUT2D eigenvalue weighted by molar-refractivity contribution is -0.122. The van der Waals surface area contributed by atoms with Gasteiger partial charge in [-0.2, -0.15) is 11.8 Å². The molecule has 2 amide bonds. The minimum Gasteiger partial charge on any atom is -0.353 e. The number of nitrogens with one attached hydrogen (secondary N) is 2. The molecular weight excluding hydrogens is 390 g/mol. The van der Waals surface area contributed by atoms with Crippen LogP contribution in [0.15, 0.2) is 28.7 Å². The summed E-state index contributed by atoms with van der Waals surface area (Å²) in [6.45, 7) is 0.740. The third-order valence-electron chi connectivity index (χ3n) is 2.79. The summed E-state index contributed by atoms with van der Waals surface area (Å²) in [7, 11) is 0. The SMILES string of the molecule is CSCC[C@H](N)C(=O)NCCNC(=O)c1ccc(Br)cc1.Cl. The molecule has 0 fully saturated rings. The number of benzene rings is 1. The predicted octanol–water partition coefficient (Wildman–Crippen LogP) is 1.80. The Morgan fingerprint density at radius 3 is 2.41 bits per heavy atom. The lowest BCUT2D eigenvalue weighted by Crippen LogP contribution is -2.43. The van der Waals surface area contributed by atoms with Gasteiger partial charge in [0, 0.05) is 23.1 Å². The van der Waals surface area contributed by atoms with Crippen LogP contribution in [-0.2, 0) is 4.79 Å². The summed E-state index contributed by atoms with van der Waals surface area (Å²) in [6, 6.07) is 6.59. The Labute approximate surface area is 149 Å². The largest absolute Gasteiger partial charge is 0.353 e. The van der Waals surface area contributed by atoms with Crippen LogP contribution in [0, 0.1) is 0 Å². The molecule has 0 bridgehead atoms. The van der Waals surface area contributed by atoms with Gasteiger partial charge < -0.3 is 16.4 Å². The average Bonchev–Trinajstić information content (AvgIpc) is 2.49. The van der Waals surface area contributed by atoms with E-state index in [0.29, 0.717) is 25.1 Å². The van der Waals surface area contributed by atoms with Gasteiger partial charge in [0.1, 0.15) is 0 Å². The third kappa shape index (κ3) is 8.03. The van der Waals surface area contributed by atoms with Crippen molar-refractivity contribution in [3.8, 4) is 0 Å². The van der Waals surface area contributed by atoms with Gasteiger partial charge in [0.05, 0.1) is 6.04 Å². The van der Waals surface area contributed by atoms with Crippen LogP contribution in [0.25, 0.3) is 0 Å². The van der Waals surface area contributed by atoms with E-state index >= 15 is 0 Å².